The van der Waals surface area contributed by atoms with Crippen molar-refractivity contribution in [2.75, 3.05) is 5.88 Å². The fourth-order valence-corrected chi connectivity index (χ4v) is 2.97. The van der Waals surface area contributed by atoms with Gasteiger partial charge in [-0.25, -0.2) is 0 Å². The van der Waals surface area contributed by atoms with Crippen LogP contribution >= 0.6 is 11.6 Å². The summed E-state index contributed by atoms with van der Waals surface area (Å²) in [6.45, 7) is 3.97. The summed E-state index contributed by atoms with van der Waals surface area (Å²) in [5.41, 5.74) is 3.75. The Hall–Kier alpha value is -2.06. The van der Waals surface area contributed by atoms with Gasteiger partial charge < -0.3 is 4.57 Å². The highest BCUT2D eigenvalue weighted by Gasteiger charge is 2.15. The van der Waals surface area contributed by atoms with E-state index in [1.807, 2.05) is 32.0 Å². The minimum Gasteiger partial charge on any atom is -0.318 e. The SMILES string of the molecule is Cc1cc(C(=O)CCl)c(C)n1-c1ccc2ccccc2c1. The van der Waals surface area contributed by atoms with E-state index in [1.165, 1.54) is 10.8 Å². The van der Waals surface area contributed by atoms with Crippen molar-refractivity contribution in [1.82, 2.24) is 4.57 Å². The maximum absolute atomic E-state index is 11.9. The third-order valence-corrected chi connectivity index (χ3v) is 4.09. The van der Waals surface area contributed by atoms with Crippen LogP contribution in [0.5, 0.6) is 0 Å². The molecular formula is C18H16ClNO. The molecule has 2 aromatic carbocycles. The summed E-state index contributed by atoms with van der Waals surface area (Å²) in [5.74, 6) is -0.0148. The number of alkyl halides is 1. The van der Waals surface area contributed by atoms with Gasteiger partial charge in [0.1, 0.15) is 0 Å². The molecule has 0 radical (unpaired) electrons. The largest absolute Gasteiger partial charge is 0.318 e. The molecule has 0 amide bonds. The maximum Gasteiger partial charge on any atom is 0.179 e. The number of hydrogen-bond donors (Lipinski definition) is 0. The Labute approximate surface area is 129 Å². The number of rotatable bonds is 3. The van der Waals surface area contributed by atoms with E-state index in [1.54, 1.807) is 0 Å². The van der Waals surface area contributed by atoms with Gasteiger partial charge in [0.05, 0.1) is 5.88 Å². The molecule has 0 bridgehead atoms. The zero-order valence-electron chi connectivity index (χ0n) is 12.1. The van der Waals surface area contributed by atoms with E-state index in [0.717, 1.165) is 17.1 Å². The number of carbonyl (C=O) groups excluding carboxylic acids is 1. The summed E-state index contributed by atoms with van der Waals surface area (Å²) >= 11 is 5.69. The van der Waals surface area contributed by atoms with Gasteiger partial charge in [-0.2, -0.15) is 0 Å². The number of ketones is 1. The number of hydrogen-bond acceptors (Lipinski definition) is 1. The van der Waals surface area contributed by atoms with Gasteiger partial charge in [-0.05, 0) is 42.8 Å². The van der Waals surface area contributed by atoms with Crippen molar-refractivity contribution in [3.63, 3.8) is 0 Å². The minimum atomic E-state index is -0.0307. The summed E-state index contributed by atoms with van der Waals surface area (Å²) in [6.07, 6.45) is 0. The highest BCUT2D eigenvalue weighted by atomic mass is 35.5. The first kappa shape index (κ1) is 13.9. The van der Waals surface area contributed by atoms with Crippen LogP contribution in [0.15, 0.2) is 48.5 Å². The molecule has 21 heavy (non-hydrogen) atoms. The van der Waals surface area contributed by atoms with Crippen LogP contribution in [0.2, 0.25) is 0 Å². The fourth-order valence-electron chi connectivity index (χ4n) is 2.83. The molecule has 106 valence electrons. The van der Waals surface area contributed by atoms with Crippen LogP contribution in [0.3, 0.4) is 0 Å². The van der Waals surface area contributed by atoms with E-state index in [-0.39, 0.29) is 11.7 Å². The van der Waals surface area contributed by atoms with E-state index in [0.29, 0.717) is 5.56 Å². The lowest BCUT2D eigenvalue weighted by Crippen LogP contribution is -2.04. The highest BCUT2D eigenvalue weighted by molar-refractivity contribution is 6.30. The van der Waals surface area contributed by atoms with Crippen LogP contribution in [0.1, 0.15) is 21.7 Å². The zero-order valence-corrected chi connectivity index (χ0v) is 12.8. The molecule has 0 saturated heterocycles. The first-order chi connectivity index (χ1) is 10.1. The Morgan fingerprint density at radius 3 is 2.48 bits per heavy atom. The van der Waals surface area contributed by atoms with Crippen molar-refractivity contribution < 1.29 is 4.79 Å². The van der Waals surface area contributed by atoms with Crippen LogP contribution in [0.4, 0.5) is 0 Å². The van der Waals surface area contributed by atoms with Gasteiger partial charge in [0, 0.05) is 22.6 Å². The average Bonchev–Trinajstić information content (AvgIpc) is 2.81. The molecular weight excluding hydrogens is 282 g/mol. The molecule has 0 atom stereocenters. The van der Waals surface area contributed by atoms with Gasteiger partial charge >= 0.3 is 0 Å². The molecule has 0 aliphatic carbocycles. The van der Waals surface area contributed by atoms with Gasteiger partial charge in [-0.15, -0.1) is 11.6 Å². The molecule has 1 aromatic heterocycles. The van der Waals surface area contributed by atoms with E-state index in [2.05, 4.69) is 34.9 Å². The van der Waals surface area contributed by atoms with Gasteiger partial charge in [-0.1, -0.05) is 30.3 Å². The molecule has 0 unspecified atom stereocenters. The Kier molecular flexibility index (Phi) is 3.56. The van der Waals surface area contributed by atoms with E-state index >= 15 is 0 Å². The standard InChI is InChI=1S/C18H16ClNO/c1-12-9-17(18(21)11-19)13(2)20(12)16-8-7-14-5-3-4-6-15(14)10-16/h3-10H,11H2,1-2H3. The lowest BCUT2D eigenvalue weighted by molar-refractivity contribution is 0.102. The summed E-state index contributed by atoms with van der Waals surface area (Å²) in [6, 6.07) is 16.5. The van der Waals surface area contributed by atoms with Crippen molar-refractivity contribution in [1.29, 1.82) is 0 Å². The summed E-state index contributed by atoms with van der Waals surface area (Å²) in [5, 5.41) is 2.40. The molecule has 1 heterocycles. The molecule has 2 nitrogen and oxygen atoms in total. The van der Waals surface area contributed by atoms with Crippen LogP contribution in [-0.4, -0.2) is 16.2 Å². The Balaban J connectivity index is 2.18. The van der Waals surface area contributed by atoms with Crippen LogP contribution < -0.4 is 0 Å². The molecule has 0 N–H and O–H groups in total. The first-order valence-corrected chi connectivity index (χ1v) is 7.42. The van der Waals surface area contributed by atoms with Crippen molar-refractivity contribution in [3.05, 3.63) is 65.5 Å². The predicted octanol–water partition coefficient (Wildman–Crippen LogP) is 4.67. The zero-order chi connectivity index (χ0) is 15.0. The lowest BCUT2D eigenvalue weighted by atomic mass is 10.1. The first-order valence-electron chi connectivity index (χ1n) is 6.89. The molecule has 3 rings (SSSR count). The van der Waals surface area contributed by atoms with Crippen molar-refractivity contribution >= 4 is 28.2 Å². The third kappa shape index (κ3) is 2.36. The Morgan fingerprint density at radius 2 is 1.76 bits per heavy atom. The van der Waals surface area contributed by atoms with Gasteiger partial charge in [0.25, 0.3) is 0 Å². The van der Waals surface area contributed by atoms with Gasteiger partial charge in [0.2, 0.25) is 0 Å². The van der Waals surface area contributed by atoms with Gasteiger partial charge in [0.15, 0.2) is 5.78 Å². The number of Topliss-reactive ketones (excluding diaryl/α,β-unsaturated/α-hetero) is 1. The van der Waals surface area contributed by atoms with Crippen molar-refractivity contribution in [2.24, 2.45) is 0 Å². The fraction of sp³-hybridized carbons (Fsp3) is 0.167. The molecule has 0 fully saturated rings. The van der Waals surface area contributed by atoms with Crippen molar-refractivity contribution in [3.8, 4) is 5.69 Å². The number of fused-ring (bicyclic) bond motifs is 1. The molecule has 0 aliphatic heterocycles. The number of carbonyl (C=O) groups is 1. The normalized spacial score (nSPS) is 11.0. The summed E-state index contributed by atoms with van der Waals surface area (Å²) in [7, 11) is 0. The second-order valence-electron chi connectivity index (χ2n) is 5.21. The average molecular weight is 298 g/mol. The second-order valence-corrected chi connectivity index (χ2v) is 5.48. The molecule has 0 saturated carbocycles. The number of aryl methyl sites for hydroxylation is 1. The minimum absolute atomic E-state index is 0.0159. The topological polar surface area (TPSA) is 22.0 Å². The molecule has 3 aromatic rings. The van der Waals surface area contributed by atoms with Crippen molar-refractivity contribution in [2.45, 2.75) is 13.8 Å². The third-order valence-electron chi connectivity index (χ3n) is 3.84. The van der Waals surface area contributed by atoms with E-state index in [9.17, 15) is 4.79 Å². The molecule has 3 heteroatoms. The second kappa shape index (κ2) is 5.38. The lowest BCUT2D eigenvalue weighted by Gasteiger charge is -2.11. The Bertz CT molecular complexity index is 832. The highest BCUT2D eigenvalue weighted by Crippen LogP contribution is 2.24. The quantitative estimate of drug-likeness (QED) is 0.509. The summed E-state index contributed by atoms with van der Waals surface area (Å²) in [4.78, 5) is 11.9. The van der Waals surface area contributed by atoms with Crippen LogP contribution in [-0.2, 0) is 0 Å². The number of halogens is 1. The van der Waals surface area contributed by atoms with E-state index < -0.39 is 0 Å². The number of aromatic nitrogens is 1. The summed E-state index contributed by atoms with van der Waals surface area (Å²) < 4.78 is 2.10. The van der Waals surface area contributed by atoms with Gasteiger partial charge in [-0.3, -0.25) is 4.79 Å². The molecule has 0 aliphatic rings. The molecule has 0 spiro atoms. The van der Waals surface area contributed by atoms with Crippen LogP contribution in [0.25, 0.3) is 16.5 Å². The number of benzene rings is 2. The monoisotopic (exact) mass is 297 g/mol. The maximum atomic E-state index is 11.9. The van der Waals surface area contributed by atoms with Crippen LogP contribution in [0, 0.1) is 13.8 Å². The van der Waals surface area contributed by atoms with E-state index in [4.69, 9.17) is 11.6 Å². The Morgan fingerprint density at radius 1 is 1.05 bits per heavy atom. The predicted molar refractivity (Wildman–Crippen MR) is 87.8 cm³/mol. The number of nitrogens with zero attached hydrogens (tertiary/aromatic N) is 1. The smallest absolute Gasteiger partial charge is 0.179 e.